The van der Waals surface area contributed by atoms with Crippen molar-refractivity contribution in [3.63, 3.8) is 0 Å². The lowest BCUT2D eigenvalue weighted by molar-refractivity contribution is 0.172. The quantitative estimate of drug-likeness (QED) is 0.731. The topological polar surface area (TPSA) is 106 Å². The van der Waals surface area contributed by atoms with Gasteiger partial charge in [0.15, 0.2) is 11.5 Å². The number of hydrogen-bond acceptors (Lipinski definition) is 6. The van der Waals surface area contributed by atoms with Crippen LogP contribution in [0.3, 0.4) is 0 Å². The number of amides is 2. The summed E-state index contributed by atoms with van der Waals surface area (Å²) in [6.45, 7) is 1.43. The Morgan fingerprint density at radius 2 is 1.83 bits per heavy atom. The van der Waals surface area contributed by atoms with E-state index in [2.05, 4.69) is 10.4 Å². The molecule has 0 bridgehead atoms. The number of sulfonamides is 1. The first kappa shape index (κ1) is 20.9. The lowest BCUT2D eigenvalue weighted by Gasteiger charge is -2.34. The Bertz CT molecular complexity index is 967. The van der Waals surface area contributed by atoms with Crippen molar-refractivity contribution in [2.45, 2.75) is 11.4 Å². The molecule has 1 N–H and O–H groups in total. The van der Waals surface area contributed by atoms with E-state index in [1.807, 2.05) is 13.2 Å². The molecule has 1 aliphatic heterocycles. The second-order valence-electron chi connectivity index (χ2n) is 6.59. The van der Waals surface area contributed by atoms with Crippen LogP contribution in [0.5, 0.6) is 11.5 Å². The number of nitrogens with zero attached hydrogens (tertiary/aromatic N) is 4. The normalized spacial score (nSPS) is 15.2. The SMILES string of the molecule is COc1ccc(S(=O)(=O)N2CCN(C(=O)NCc3cnn(C)c3)CC2)cc1OC. The van der Waals surface area contributed by atoms with E-state index in [1.165, 1.54) is 30.7 Å². The van der Waals surface area contributed by atoms with E-state index in [0.29, 0.717) is 31.1 Å². The molecule has 11 heteroatoms. The van der Waals surface area contributed by atoms with Gasteiger partial charge in [-0.2, -0.15) is 9.40 Å². The molecule has 2 heterocycles. The summed E-state index contributed by atoms with van der Waals surface area (Å²) in [6, 6.07) is 4.27. The number of aryl methyl sites for hydroxylation is 1. The molecule has 10 nitrogen and oxygen atoms in total. The molecule has 0 radical (unpaired) electrons. The van der Waals surface area contributed by atoms with Crippen LogP contribution in [0.15, 0.2) is 35.5 Å². The van der Waals surface area contributed by atoms with Crippen LogP contribution in [-0.2, 0) is 23.6 Å². The number of piperazine rings is 1. The van der Waals surface area contributed by atoms with Crippen LogP contribution in [0.2, 0.25) is 0 Å². The third-order valence-electron chi connectivity index (χ3n) is 4.72. The maximum atomic E-state index is 12.9. The van der Waals surface area contributed by atoms with E-state index in [1.54, 1.807) is 21.8 Å². The zero-order valence-electron chi connectivity index (χ0n) is 16.7. The van der Waals surface area contributed by atoms with E-state index in [4.69, 9.17) is 9.47 Å². The Kier molecular flexibility index (Phi) is 6.28. The molecule has 3 rings (SSSR count). The summed E-state index contributed by atoms with van der Waals surface area (Å²) < 4.78 is 39.3. The number of carbonyl (C=O) groups excluding carboxylic acids is 1. The molecule has 2 amide bonds. The standard InChI is InChI=1S/C18H25N5O5S/c1-21-13-14(12-20-21)11-19-18(24)22-6-8-23(9-7-22)29(25,26)15-4-5-16(27-2)17(10-15)28-3/h4-5,10,12-13H,6-9,11H2,1-3H3,(H,19,24). The molecule has 1 saturated heterocycles. The lowest BCUT2D eigenvalue weighted by atomic mass is 10.3. The van der Waals surface area contributed by atoms with Crippen molar-refractivity contribution in [1.82, 2.24) is 24.3 Å². The first-order valence-corrected chi connectivity index (χ1v) is 10.5. The molecular weight excluding hydrogens is 398 g/mol. The molecule has 1 aromatic heterocycles. The second kappa shape index (κ2) is 8.70. The fourth-order valence-electron chi connectivity index (χ4n) is 3.11. The average Bonchev–Trinajstić information content (AvgIpc) is 3.16. The van der Waals surface area contributed by atoms with Gasteiger partial charge in [0.25, 0.3) is 0 Å². The highest BCUT2D eigenvalue weighted by atomic mass is 32.2. The van der Waals surface area contributed by atoms with Gasteiger partial charge in [0.1, 0.15) is 0 Å². The Morgan fingerprint density at radius 1 is 1.14 bits per heavy atom. The Balaban J connectivity index is 1.59. The van der Waals surface area contributed by atoms with Crippen molar-refractivity contribution in [3.8, 4) is 11.5 Å². The fraction of sp³-hybridized carbons (Fsp3) is 0.444. The van der Waals surface area contributed by atoms with Gasteiger partial charge in [-0.1, -0.05) is 0 Å². The van der Waals surface area contributed by atoms with Crippen LogP contribution in [0, 0.1) is 0 Å². The van der Waals surface area contributed by atoms with Crippen molar-refractivity contribution in [2.75, 3.05) is 40.4 Å². The van der Waals surface area contributed by atoms with Crippen LogP contribution < -0.4 is 14.8 Å². The van der Waals surface area contributed by atoms with Crippen molar-refractivity contribution < 1.29 is 22.7 Å². The van der Waals surface area contributed by atoms with Crippen molar-refractivity contribution >= 4 is 16.1 Å². The van der Waals surface area contributed by atoms with E-state index in [9.17, 15) is 13.2 Å². The number of carbonyl (C=O) groups is 1. The minimum absolute atomic E-state index is 0.129. The molecule has 1 aliphatic rings. The molecule has 0 saturated carbocycles. The number of rotatable bonds is 6. The minimum Gasteiger partial charge on any atom is -0.493 e. The summed E-state index contributed by atoms with van der Waals surface area (Å²) in [5.41, 5.74) is 0.899. The summed E-state index contributed by atoms with van der Waals surface area (Å²) in [6.07, 6.45) is 3.52. The van der Waals surface area contributed by atoms with Crippen LogP contribution in [0.4, 0.5) is 4.79 Å². The summed E-state index contributed by atoms with van der Waals surface area (Å²) in [5, 5.41) is 6.89. The van der Waals surface area contributed by atoms with E-state index < -0.39 is 10.0 Å². The number of aromatic nitrogens is 2. The number of nitrogens with one attached hydrogen (secondary N) is 1. The average molecular weight is 423 g/mol. The summed E-state index contributed by atoms with van der Waals surface area (Å²) in [4.78, 5) is 14.1. The summed E-state index contributed by atoms with van der Waals surface area (Å²) >= 11 is 0. The fourth-order valence-corrected chi connectivity index (χ4v) is 4.55. The number of hydrogen-bond donors (Lipinski definition) is 1. The number of urea groups is 1. The van der Waals surface area contributed by atoms with Crippen molar-refractivity contribution in [3.05, 3.63) is 36.2 Å². The highest BCUT2D eigenvalue weighted by Gasteiger charge is 2.30. The smallest absolute Gasteiger partial charge is 0.317 e. The minimum atomic E-state index is -3.69. The van der Waals surface area contributed by atoms with Crippen LogP contribution >= 0.6 is 0 Å². The first-order valence-electron chi connectivity index (χ1n) is 9.07. The molecule has 1 fully saturated rings. The van der Waals surface area contributed by atoms with E-state index >= 15 is 0 Å². The molecule has 0 aliphatic carbocycles. The van der Waals surface area contributed by atoms with Gasteiger partial charge in [0, 0.05) is 57.6 Å². The highest BCUT2D eigenvalue weighted by Crippen LogP contribution is 2.30. The number of benzene rings is 1. The number of methoxy groups -OCH3 is 2. The second-order valence-corrected chi connectivity index (χ2v) is 8.53. The van der Waals surface area contributed by atoms with Gasteiger partial charge in [-0.05, 0) is 12.1 Å². The Hall–Kier alpha value is -2.79. The maximum Gasteiger partial charge on any atom is 0.317 e. The third-order valence-corrected chi connectivity index (χ3v) is 6.62. The molecular formula is C18H25N5O5S. The molecule has 1 aromatic carbocycles. The molecule has 0 spiro atoms. The predicted octanol–water partition coefficient (Wildman–Crippen LogP) is 0.653. The summed E-state index contributed by atoms with van der Waals surface area (Å²) in [7, 11) is 1.06. The molecule has 0 unspecified atom stereocenters. The van der Waals surface area contributed by atoms with Gasteiger partial charge in [-0.3, -0.25) is 4.68 Å². The molecule has 2 aromatic rings. The Labute approximate surface area is 170 Å². The van der Waals surface area contributed by atoms with Gasteiger partial charge in [0.05, 0.1) is 25.3 Å². The van der Waals surface area contributed by atoms with Crippen LogP contribution in [0.1, 0.15) is 5.56 Å². The molecule has 29 heavy (non-hydrogen) atoms. The maximum absolute atomic E-state index is 12.9. The third kappa shape index (κ3) is 4.62. The number of ether oxygens (including phenoxy) is 2. The zero-order chi connectivity index (χ0) is 21.0. The van der Waals surface area contributed by atoms with Gasteiger partial charge in [-0.15, -0.1) is 0 Å². The van der Waals surface area contributed by atoms with Gasteiger partial charge < -0.3 is 19.7 Å². The van der Waals surface area contributed by atoms with Crippen LogP contribution in [-0.4, -0.2) is 73.8 Å². The monoisotopic (exact) mass is 423 g/mol. The first-order chi connectivity index (χ1) is 13.8. The largest absolute Gasteiger partial charge is 0.493 e. The molecule has 0 atom stereocenters. The highest BCUT2D eigenvalue weighted by molar-refractivity contribution is 7.89. The van der Waals surface area contributed by atoms with Gasteiger partial charge >= 0.3 is 6.03 Å². The molecule has 158 valence electrons. The van der Waals surface area contributed by atoms with Crippen LogP contribution in [0.25, 0.3) is 0 Å². The van der Waals surface area contributed by atoms with Crippen molar-refractivity contribution in [1.29, 1.82) is 0 Å². The zero-order valence-corrected chi connectivity index (χ0v) is 17.5. The predicted molar refractivity (Wildman–Crippen MR) is 105 cm³/mol. The van der Waals surface area contributed by atoms with Crippen molar-refractivity contribution in [2.24, 2.45) is 7.05 Å². The lowest BCUT2D eigenvalue weighted by Crippen LogP contribution is -2.52. The van der Waals surface area contributed by atoms with Gasteiger partial charge in [-0.25, -0.2) is 13.2 Å². The summed E-state index contributed by atoms with van der Waals surface area (Å²) in [5.74, 6) is 0.809. The van der Waals surface area contributed by atoms with E-state index in [0.717, 1.165) is 5.56 Å². The van der Waals surface area contributed by atoms with Gasteiger partial charge in [0.2, 0.25) is 10.0 Å². The Morgan fingerprint density at radius 3 is 2.41 bits per heavy atom. The van der Waals surface area contributed by atoms with E-state index in [-0.39, 0.29) is 24.0 Å².